The average molecular weight is 342 g/mol. The molecule has 1 amide bonds. The minimum absolute atomic E-state index is 0.0305. The first-order chi connectivity index (χ1) is 11.6. The van der Waals surface area contributed by atoms with Crippen LogP contribution in [0, 0.1) is 10.1 Å². The van der Waals surface area contributed by atoms with E-state index in [-0.39, 0.29) is 23.8 Å². The molecule has 0 bridgehead atoms. The van der Waals surface area contributed by atoms with Gasteiger partial charge in [0.1, 0.15) is 12.2 Å². The van der Waals surface area contributed by atoms with Crippen molar-refractivity contribution in [3.8, 4) is 0 Å². The van der Waals surface area contributed by atoms with Crippen LogP contribution in [-0.4, -0.2) is 26.6 Å². The minimum atomic E-state index is -0.518. The summed E-state index contributed by atoms with van der Waals surface area (Å²) in [6.45, 7) is 0.0305. The number of nitrogens with zero attached hydrogens (tertiary/aromatic N) is 3. The van der Waals surface area contributed by atoms with E-state index < -0.39 is 4.92 Å². The van der Waals surface area contributed by atoms with Gasteiger partial charge in [0, 0.05) is 6.07 Å². The largest absolute Gasteiger partial charge is 0.319 e. The zero-order chi connectivity index (χ0) is 17.1. The van der Waals surface area contributed by atoms with Gasteiger partial charge in [0.05, 0.1) is 16.0 Å². The molecule has 0 aliphatic heterocycles. The number of para-hydroxylation sites is 4. The smallest absolute Gasteiger partial charge is 0.292 e. The standard InChI is InChI=1S/C16H14N4O3S/c1-24-16-18-11-6-2-4-8-13(11)19(16)10-15(21)17-12-7-3-5-9-14(12)20(22)23/h2-9H,10H2,1H3,(H,17,21). The minimum Gasteiger partial charge on any atom is -0.319 e. The zero-order valence-corrected chi connectivity index (χ0v) is 13.6. The molecule has 24 heavy (non-hydrogen) atoms. The summed E-state index contributed by atoms with van der Waals surface area (Å²) in [6, 6.07) is 13.6. The maximum Gasteiger partial charge on any atom is 0.292 e. The number of aromatic nitrogens is 2. The Hall–Kier alpha value is -2.87. The van der Waals surface area contributed by atoms with Crippen molar-refractivity contribution in [3.05, 3.63) is 58.6 Å². The third-order valence-corrected chi connectivity index (χ3v) is 4.16. The summed E-state index contributed by atoms with van der Waals surface area (Å²) in [6.07, 6.45) is 1.89. The normalized spacial score (nSPS) is 10.7. The first-order valence-electron chi connectivity index (χ1n) is 7.12. The number of thioether (sulfide) groups is 1. The van der Waals surface area contributed by atoms with Crippen molar-refractivity contribution in [2.45, 2.75) is 11.7 Å². The van der Waals surface area contributed by atoms with Crippen molar-refractivity contribution < 1.29 is 9.72 Å². The fraction of sp³-hybridized carbons (Fsp3) is 0.125. The van der Waals surface area contributed by atoms with Gasteiger partial charge in [0.2, 0.25) is 5.91 Å². The predicted molar refractivity (Wildman–Crippen MR) is 93.2 cm³/mol. The fourth-order valence-corrected chi connectivity index (χ4v) is 3.01. The van der Waals surface area contributed by atoms with Crippen LogP contribution < -0.4 is 5.32 Å². The second kappa shape index (κ2) is 6.71. The Bertz CT molecular complexity index is 923. The molecule has 0 saturated heterocycles. The van der Waals surface area contributed by atoms with Gasteiger partial charge in [0.15, 0.2) is 5.16 Å². The van der Waals surface area contributed by atoms with Crippen LogP contribution >= 0.6 is 11.8 Å². The topological polar surface area (TPSA) is 90.1 Å². The van der Waals surface area contributed by atoms with Crippen LogP contribution in [-0.2, 0) is 11.3 Å². The Labute approximate surface area is 141 Å². The van der Waals surface area contributed by atoms with E-state index in [1.54, 1.807) is 16.7 Å². The maximum absolute atomic E-state index is 12.4. The summed E-state index contributed by atoms with van der Waals surface area (Å²) in [5.74, 6) is -0.345. The number of nitro benzene ring substituents is 1. The molecule has 0 unspecified atom stereocenters. The highest BCUT2D eigenvalue weighted by atomic mass is 32.2. The molecular formula is C16H14N4O3S. The van der Waals surface area contributed by atoms with Gasteiger partial charge < -0.3 is 9.88 Å². The molecule has 0 aliphatic carbocycles. The van der Waals surface area contributed by atoms with Gasteiger partial charge in [-0.15, -0.1) is 0 Å². The van der Waals surface area contributed by atoms with Crippen LogP contribution in [0.2, 0.25) is 0 Å². The quantitative estimate of drug-likeness (QED) is 0.436. The molecule has 3 aromatic rings. The number of carbonyl (C=O) groups is 1. The van der Waals surface area contributed by atoms with E-state index in [9.17, 15) is 14.9 Å². The molecule has 0 atom stereocenters. The number of imidazole rings is 1. The van der Waals surface area contributed by atoms with E-state index in [1.165, 1.54) is 23.9 Å². The van der Waals surface area contributed by atoms with Gasteiger partial charge >= 0.3 is 0 Å². The molecule has 0 fully saturated rings. The molecule has 0 spiro atoms. The predicted octanol–water partition coefficient (Wildman–Crippen LogP) is 3.31. The van der Waals surface area contributed by atoms with Gasteiger partial charge in [-0.05, 0) is 24.5 Å². The summed E-state index contributed by atoms with van der Waals surface area (Å²) < 4.78 is 1.80. The highest BCUT2D eigenvalue weighted by Gasteiger charge is 2.17. The summed E-state index contributed by atoms with van der Waals surface area (Å²) >= 11 is 1.44. The Kier molecular flexibility index (Phi) is 4.48. The number of amides is 1. The number of fused-ring (bicyclic) bond motifs is 1. The van der Waals surface area contributed by atoms with Gasteiger partial charge in [0.25, 0.3) is 5.69 Å². The lowest BCUT2D eigenvalue weighted by Gasteiger charge is -2.09. The molecule has 0 saturated carbocycles. The summed E-state index contributed by atoms with van der Waals surface area (Å²) in [7, 11) is 0. The second-order valence-electron chi connectivity index (χ2n) is 5.00. The number of anilines is 1. The number of nitro groups is 1. The third kappa shape index (κ3) is 3.09. The highest BCUT2D eigenvalue weighted by molar-refractivity contribution is 7.98. The molecule has 1 N–H and O–H groups in total. The molecule has 0 radical (unpaired) electrons. The van der Waals surface area contributed by atoms with Gasteiger partial charge in [-0.2, -0.15) is 0 Å². The number of hydrogen-bond donors (Lipinski definition) is 1. The molecule has 1 heterocycles. The lowest BCUT2D eigenvalue weighted by Crippen LogP contribution is -2.19. The molecule has 122 valence electrons. The van der Waals surface area contributed by atoms with Crippen LogP contribution in [0.4, 0.5) is 11.4 Å². The van der Waals surface area contributed by atoms with E-state index in [0.717, 1.165) is 11.0 Å². The van der Waals surface area contributed by atoms with Crippen LogP contribution in [0.3, 0.4) is 0 Å². The molecule has 1 aromatic heterocycles. The van der Waals surface area contributed by atoms with Gasteiger partial charge in [-0.25, -0.2) is 4.98 Å². The van der Waals surface area contributed by atoms with Crippen molar-refractivity contribution >= 4 is 40.1 Å². The Balaban J connectivity index is 1.87. The van der Waals surface area contributed by atoms with Crippen LogP contribution in [0.5, 0.6) is 0 Å². The number of nitrogens with one attached hydrogen (secondary N) is 1. The van der Waals surface area contributed by atoms with E-state index in [4.69, 9.17) is 0 Å². The van der Waals surface area contributed by atoms with Crippen LogP contribution in [0.1, 0.15) is 0 Å². The van der Waals surface area contributed by atoms with Crippen molar-refractivity contribution in [1.29, 1.82) is 0 Å². The molecule has 3 rings (SSSR count). The van der Waals surface area contributed by atoms with Crippen molar-refractivity contribution in [2.75, 3.05) is 11.6 Å². The Morgan fingerprint density at radius 1 is 1.25 bits per heavy atom. The van der Waals surface area contributed by atoms with Crippen LogP contribution in [0.25, 0.3) is 11.0 Å². The molecular weight excluding hydrogens is 328 g/mol. The van der Waals surface area contributed by atoms with Gasteiger partial charge in [-0.1, -0.05) is 36.0 Å². The summed E-state index contributed by atoms with van der Waals surface area (Å²) in [5, 5.41) is 14.4. The van der Waals surface area contributed by atoms with Crippen molar-refractivity contribution in [2.24, 2.45) is 0 Å². The van der Waals surface area contributed by atoms with Crippen LogP contribution in [0.15, 0.2) is 53.7 Å². The van der Waals surface area contributed by atoms with Crippen molar-refractivity contribution in [3.63, 3.8) is 0 Å². The molecule has 2 aromatic carbocycles. The number of carbonyl (C=O) groups excluding carboxylic acids is 1. The maximum atomic E-state index is 12.4. The third-order valence-electron chi connectivity index (χ3n) is 3.48. The van der Waals surface area contributed by atoms with E-state index in [1.807, 2.05) is 30.5 Å². The van der Waals surface area contributed by atoms with Gasteiger partial charge in [-0.3, -0.25) is 14.9 Å². The summed E-state index contributed by atoms with van der Waals surface area (Å²) in [4.78, 5) is 27.4. The number of rotatable bonds is 5. The molecule has 0 aliphatic rings. The van der Waals surface area contributed by atoms with Crippen molar-refractivity contribution in [1.82, 2.24) is 9.55 Å². The lowest BCUT2D eigenvalue weighted by molar-refractivity contribution is -0.383. The molecule has 7 nitrogen and oxygen atoms in total. The highest BCUT2D eigenvalue weighted by Crippen LogP contribution is 2.25. The van der Waals surface area contributed by atoms with E-state index >= 15 is 0 Å². The number of hydrogen-bond acceptors (Lipinski definition) is 5. The first-order valence-corrected chi connectivity index (χ1v) is 8.35. The average Bonchev–Trinajstić information content (AvgIpc) is 2.93. The fourth-order valence-electron chi connectivity index (χ4n) is 2.43. The monoisotopic (exact) mass is 342 g/mol. The van der Waals surface area contributed by atoms with E-state index in [0.29, 0.717) is 5.16 Å². The Morgan fingerprint density at radius 2 is 1.96 bits per heavy atom. The SMILES string of the molecule is CSc1nc2ccccc2n1CC(=O)Nc1ccccc1[N+](=O)[O-]. The molecule has 8 heteroatoms. The first kappa shape index (κ1) is 16.0. The zero-order valence-electron chi connectivity index (χ0n) is 12.8. The van der Waals surface area contributed by atoms with E-state index in [2.05, 4.69) is 10.3 Å². The Morgan fingerprint density at radius 3 is 2.71 bits per heavy atom. The lowest BCUT2D eigenvalue weighted by atomic mass is 10.2. The second-order valence-corrected chi connectivity index (χ2v) is 5.77. The number of benzene rings is 2. The summed E-state index contributed by atoms with van der Waals surface area (Å²) in [5.41, 5.74) is 1.70.